The van der Waals surface area contributed by atoms with Gasteiger partial charge in [0.05, 0.1) is 17.3 Å². The molecule has 26 heavy (non-hydrogen) atoms. The second-order valence-corrected chi connectivity index (χ2v) is 6.57. The number of hydrogen-bond acceptors (Lipinski definition) is 5. The molecule has 8 heteroatoms. The highest BCUT2D eigenvalue weighted by atomic mass is 35.5. The number of fused-ring (bicyclic) bond motifs is 1. The lowest BCUT2D eigenvalue weighted by Gasteiger charge is -2.19. The number of rotatable bonds is 6. The third kappa shape index (κ3) is 4.60. The Kier molecular flexibility index (Phi) is 6.24. The molecule has 3 rings (SSSR count). The number of amides is 1. The molecule has 2 heterocycles. The number of ether oxygens (including phenoxy) is 1. The van der Waals surface area contributed by atoms with Gasteiger partial charge < -0.3 is 14.5 Å². The van der Waals surface area contributed by atoms with Crippen molar-refractivity contribution in [2.45, 2.75) is 19.4 Å². The molecule has 2 aromatic rings. The highest BCUT2D eigenvalue weighted by molar-refractivity contribution is 6.30. The van der Waals surface area contributed by atoms with Crippen LogP contribution in [0.1, 0.15) is 27.7 Å². The zero-order chi connectivity index (χ0) is 18.5. The molecule has 0 aliphatic carbocycles. The molecule has 0 saturated heterocycles. The molecular formula is C18H21ClFN3O3. The largest absolute Gasteiger partial charge is 0.437 e. The first-order valence-corrected chi connectivity index (χ1v) is 8.86. The second-order valence-electron chi connectivity index (χ2n) is 6.16. The lowest BCUT2D eigenvalue weighted by atomic mass is 10.2. The molecule has 1 aromatic heterocycles. The number of aromatic nitrogens is 1. The monoisotopic (exact) mass is 381 g/mol. The molecule has 1 aromatic carbocycles. The molecular weight excluding hydrogens is 361 g/mol. The van der Waals surface area contributed by atoms with Crippen molar-refractivity contribution in [2.75, 3.05) is 33.4 Å². The van der Waals surface area contributed by atoms with Crippen LogP contribution >= 0.6 is 11.6 Å². The van der Waals surface area contributed by atoms with E-state index in [0.717, 1.165) is 30.1 Å². The van der Waals surface area contributed by atoms with E-state index in [-0.39, 0.29) is 16.8 Å². The molecule has 6 nitrogen and oxygen atoms in total. The van der Waals surface area contributed by atoms with Gasteiger partial charge in [-0.2, -0.15) is 0 Å². The van der Waals surface area contributed by atoms with Crippen LogP contribution < -0.4 is 5.32 Å². The summed E-state index contributed by atoms with van der Waals surface area (Å²) >= 11 is 5.85. The first-order valence-electron chi connectivity index (χ1n) is 8.49. The van der Waals surface area contributed by atoms with Gasteiger partial charge in [0, 0.05) is 46.1 Å². The summed E-state index contributed by atoms with van der Waals surface area (Å²) in [6.07, 6.45) is 1.36. The number of methoxy groups -OCH3 is 1. The summed E-state index contributed by atoms with van der Waals surface area (Å²) in [7, 11) is 1.57. The molecule has 1 amide bonds. The number of benzene rings is 1. The highest BCUT2D eigenvalue weighted by Crippen LogP contribution is 2.21. The van der Waals surface area contributed by atoms with Crippen molar-refractivity contribution >= 4 is 17.5 Å². The van der Waals surface area contributed by atoms with Gasteiger partial charge in [0.1, 0.15) is 11.6 Å². The first-order chi connectivity index (χ1) is 12.6. The van der Waals surface area contributed by atoms with Crippen molar-refractivity contribution in [2.24, 2.45) is 0 Å². The molecule has 0 bridgehead atoms. The topological polar surface area (TPSA) is 67.6 Å². The lowest BCUT2D eigenvalue weighted by Crippen LogP contribution is -2.28. The van der Waals surface area contributed by atoms with E-state index < -0.39 is 5.82 Å². The van der Waals surface area contributed by atoms with Gasteiger partial charge >= 0.3 is 5.91 Å². The SMILES string of the molecule is COCCNC(=O)c1nc2c(o1)CCN(Cc1ccc(F)c(Cl)c1)CC2. The van der Waals surface area contributed by atoms with Crippen molar-refractivity contribution in [3.63, 3.8) is 0 Å². The van der Waals surface area contributed by atoms with Gasteiger partial charge in [-0.05, 0) is 17.7 Å². The fourth-order valence-corrected chi connectivity index (χ4v) is 3.11. The second kappa shape index (κ2) is 8.62. The normalized spacial score (nSPS) is 14.7. The number of oxazole rings is 1. The van der Waals surface area contributed by atoms with Gasteiger partial charge in [0.15, 0.2) is 0 Å². The third-order valence-corrected chi connectivity index (χ3v) is 4.56. The Balaban J connectivity index is 1.58. The van der Waals surface area contributed by atoms with E-state index in [9.17, 15) is 9.18 Å². The van der Waals surface area contributed by atoms with Crippen LogP contribution in [0.3, 0.4) is 0 Å². The molecule has 0 fully saturated rings. The zero-order valence-electron chi connectivity index (χ0n) is 14.6. The van der Waals surface area contributed by atoms with Crippen LogP contribution in [-0.2, 0) is 24.1 Å². The smallest absolute Gasteiger partial charge is 0.307 e. The van der Waals surface area contributed by atoms with Gasteiger partial charge in [0.2, 0.25) is 0 Å². The van der Waals surface area contributed by atoms with E-state index >= 15 is 0 Å². The third-order valence-electron chi connectivity index (χ3n) is 4.27. The van der Waals surface area contributed by atoms with Crippen LogP contribution in [0.25, 0.3) is 0 Å². The maximum atomic E-state index is 13.3. The van der Waals surface area contributed by atoms with Crippen LogP contribution in [0.4, 0.5) is 4.39 Å². The van der Waals surface area contributed by atoms with Crippen molar-refractivity contribution in [3.8, 4) is 0 Å². The van der Waals surface area contributed by atoms with Crippen LogP contribution in [0.5, 0.6) is 0 Å². The number of carbonyl (C=O) groups excluding carboxylic acids is 1. The van der Waals surface area contributed by atoms with Crippen molar-refractivity contribution < 1.29 is 18.3 Å². The van der Waals surface area contributed by atoms with Gasteiger partial charge in [-0.15, -0.1) is 0 Å². The minimum atomic E-state index is -0.411. The van der Waals surface area contributed by atoms with Gasteiger partial charge in [-0.1, -0.05) is 17.7 Å². The van der Waals surface area contributed by atoms with Crippen LogP contribution in [0.2, 0.25) is 5.02 Å². The maximum absolute atomic E-state index is 13.3. The Hall–Kier alpha value is -1.96. The Labute approximate surface area is 156 Å². The number of hydrogen-bond donors (Lipinski definition) is 1. The molecule has 1 N–H and O–H groups in total. The molecule has 0 saturated carbocycles. The Morgan fingerprint density at radius 3 is 3.00 bits per heavy atom. The fourth-order valence-electron chi connectivity index (χ4n) is 2.90. The van der Waals surface area contributed by atoms with Gasteiger partial charge in [0.25, 0.3) is 5.89 Å². The van der Waals surface area contributed by atoms with Gasteiger partial charge in [-0.25, -0.2) is 9.37 Å². The molecule has 1 aliphatic heterocycles. The van der Waals surface area contributed by atoms with E-state index in [2.05, 4.69) is 15.2 Å². The zero-order valence-corrected chi connectivity index (χ0v) is 15.3. The van der Waals surface area contributed by atoms with E-state index in [0.29, 0.717) is 32.5 Å². The summed E-state index contributed by atoms with van der Waals surface area (Å²) in [5.74, 6) is 0.116. The number of nitrogens with one attached hydrogen (secondary N) is 1. The van der Waals surface area contributed by atoms with Crippen molar-refractivity contribution in [1.82, 2.24) is 15.2 Å². The van der Waals surface area contributed by atoms with E-state index in [1.165, 1.54) is 6.07 Å². The summed E-state index contributed by atoms with van der Waals surface area (Å²) in [5, 5.41) is 2.84. The van der Waals surface area contributed by atoms with E-state index in [1.54, 1.807) is 19.2 Å². The molecule has 0 unspecified atom stereocenters. The van der Waals surface area contributed by atoms with E-state index in [4.69, 9.17) is 20.8 Å². The number of halogens is 2. The molecule has 0 radical (unpaired) electrons. The Morgan fingerprint density at radius 1 is 1.42 bits per heavy atom. The molecule has 1 aliphatic rings. The number of nitrogens with zero attached hydrogens (tertiary/aromatic N) is 2. The van der Waals surface area contributed by atoms with Crippen LogP contribution in [0, 0.1) is 5.82 Å². The Morgan fingerprint density at radius 2 is 2.23 bits per heavy atom. The van der Waals surface area contributed by atoms with Crippen molar-refractivity contribution in [1.29, 1.82) is 0 Å². The molecule has 140 valence electrons. The number of carbonyl (C=O) groups is 1. The molecule has 0 atom stereocenters. The lowest BCUT2D eigenvalue weighted by molar-refractivity contribution is 0.0900. The average Bonchev–Trinajstić information content (AvgIpc) is 2.95. The summed E-state index contributed by atoms with van der Waals surface area (Å²) in [6.45, 7) is 3.07. The quantitative estimate of drug-likeness (QED) is 0.778. The standard InChI is InChI=1S/C18H21ClFN3O3/c1-25-9-6-21-17(24)18-22-15-4-7-23(8-5-16(15)26-18)11-12-2-3-14(20)13(19)10-12/h2-3,10H,4-9,11H2,1H3,(H,21,24). The predicted octanol–water partition coefficient (Wildman–Crippen LogP) is 2.44. The summed E-state index contributed by atoms with van der Waals surface area (Å²) < 4.78 is 23.8. The summed E-state index contributed by atoms with van der Waals surface area (Å²) in [5.41, 5.74) is 1.78. The first kappa shape index (κ1) is 18.8. The summed E-state index contributed by atoms with van der Waals surface area (Å²) in [4.78, 5) is 18.6. The molecule has 0 spiro atoms. The average molecular weight is 382 g/mol. The Bertz CT molecular complexity index is 756. The van der Waals surface area contributed by atoms with Crippen LogP contribution in [0.15, 0.2) is 22.6 Å². The maximum Gasteiger partial charge on any atom is 0.307 e. The fraction of sp³-hybridized carbons (Fsp3) is 0.444. The summed E-state index contributed by atoms with van der Waals surface area (Å²) in [6, 6.07) is 4.78. The van der Waals surface area contributed by atoms with E-state index in [1.807, 2.05) is 0 Å². The minimum absolute atomic E-state index is 0.102. The predicted molar refractivity (Wildman–Crippen MR) is 94.8 cm³/mol. The van der Waals surface area contributed by atoms with Crippen LogP contribution in [-0.4, -0.2) is 49.1 Å². The highest BCUT2D eigenvalue weighted by Gasteiger charge is 2.22. The van der Waals surface area contributed by atoms with Gasteiger partial charge in [-0.3, -0.25) is 9.69 Å². The van der Waals surface area contributed by atoms with Crippen molar-refractivity contribution in [3.05, 3.63) is 51.9 Å². The minimum Gasteiger partial charge on any atom is -0.437 e.